The highest BCUT2D eigenvalue weighted by molar-refractivity contribution is 6.16. The first-order valence-electron chi connectivity index (χ1n) is 10.8. The molecule has 5 rings (SSSR count). The van der Waals surface area contributed by atoms with Crippen LogP contribution in [0.1, 0.15) is 40.5 Å². The van der Waals surface area contributed by atoms with Crippen molar-refractivity contribution < 1.29 is 19.1 Å². The molecule has 6 heteroatoms. The van der Waals surface area contributed by atoms with Crippen LogP contribution in [-0.4, -0.2) is 22.4 Å². The Morgan fingerprint density at radius 1 is 1.00 bits per heavy atom. The molecule has 1 aliphatic carbocycles. The van der Waals surface area contributed by atoms with Crippen LogP contribution < -0.4 is 5.32 Å². The zero-order valence-electron chi connectivity index (χ0n) is 18.2. The first-order valence-corrected chi connectivity index (χ1v) is 10.8. The van der Waals surface area contributed by atoms with Gasteiger partial charge in [0.05, 0.1) is 5.41 Å². The molecule has 6 nitrogen and oxygen atoms in total. The maximum atomic E-state index is 13.6. The van der Waals surface area contributed by atoms with Crippen LogP contribution in [0, 0.1) is 16.2 Å². The lowest BCUT2D eigenvalue weighted by molar-refractivity contribution is -0.195. The third-order valence-corrected chi connectivity index (χ3v) is 8.16. The van der Waals surface area contributed by atoms with Gasteiger partial charge in [0, 0.05) is 39.5 Å². The highest BCUT2D eigenvalue weighted by Gasteiger charge is 2.75. The number of nitrogens with zero attached hydrogens (tertiary/aromatic N) is 1. The standard InChI is InChI=1S/C25H26N2O4/c1-5-27-18-9-7-6-8-16(18)17-14-15(10-11-19(17)27)26-20(28)25-13-12-24(4,23(25,2)3)21(29)31-22(25)30/h6-11,14H,5,12-13H2,1-4H3,(H,26,28). The number of para-hydroxylation sites is 1. The third-order valence-electron chi connectivity index (χ3n) is 8.16. The lowest BCUT2D eigenvalue weighted by atomic mass is 9.57. The van der Waals surface area contributed by atoms with E-state index in [4.69, 9.17) is 4.74 Å². The Balaban J connectivity index is 1.57. The number of hydrogen-bond acceptors (Lipinski definition) is 4. The number of anilines is 1. The van der Waals surface area contributed by atoms with Crippen LogP contribution in [0.3, 0.4) is 0 Å². The molecule has 2 aromatic carbocycles. The number of fused-ring (bicyclic) bond motifs is 5. The number of benzene rings is 2. The summed E-state index contributed by atoms with van der Waals surface area (Å²) < 4.78 is 7.32. The van der Waals surface area contributed by atoms with Gasteiger partial charge in [0.25, 0.3) is 0 Å². The number of hydrogen-bond donors (Lipinski definition) is 1. The second kappa shape index (κ2) is 6.19. The molecule has 1 aromatic heterocycles. The van der Waals surface area contributed by atoms with Gasteiger partial charge in [0.2, 0.25) is 5.91 Å². The van der Waals surface area contributed by atoms with Gasteiger partial charge in [-0.1, -0.05) is 32.0 Å². The lowest BCUT2D eigenvalue weighted by Crippen LogP contribution is -2.60. The van der Waals surface area contributed by atoms with E-state index in [1.807, 2.05) is 44.2 Å². The van der Waals surface area contributed by atoms with Crippen LogP contribution >= 0.6 is 0 Å². The van der Waals surface area contributed by atoms with Crippen LogP contribution in [0.4, 0.5) is 5.69 Å². The van der Waals surface area contributed by atoms with Crippen molar-refractivity contribution in [1.29, 1.82) is 0 Å². The summed E-state index contributed by atoms with van der Waals surface area (Å²) in [6.45, 7) is 8.40. The Labute approximate surface area is 180 Å². The Morgan fingerprint density at radius 2 is 1.71 bits per heavy atom. The van der Waals surface area contributed by atoms with E-state index in [1.165, 1.54) is 0 Å². The van der Waals surface area contributed by atoms with Gasteiger partial charge < -0.3 is 14.6 Å². The van der Waals surface area contributed by atoms with Crippen LogP contribution in [-0.2, 0) is 25.7 Å². The topological polar surface area (TPSA) is 77.4 Å². The molecule has 1 saturated heterocycles. The average Bonchev–Trinajstić information content (AvgIpc) is 3.13. The summed E-state index contributed by atoms with van der Waals surface area (Å²) in [4.78, 5) is 38.9. The molecule has 2 bridgehead atoms. The van der Waals surface area contributed by atoms with E-state index in [-0.39, 0.29) is 0 Å². The zero-order valence-corrected chi connectivity index (χ0v) is 18.2. The summed E-state index contributed by atoms with van der Waals surface area (Å²) in [5.74, 6) is -1.67. The summed E-state index contributed by atoms with van der Waals surface area (Å²) in [5, 5.41) is 5.13. The molecule has 160 valence electrons. The molecule has 2 heterocycles. The minimum atomic E-state index is -1.39. The van der Waals surface area contributed by atoms with Gasteiger partial charge >= 0.3 is 11.9 Å². The first-order chi connectivity index (χ1) is 14.7. The molecule has 0 radical (unpaired) electrons. The van der Waals surface area contributed by atoms with Gasteiger partial charge in [-0.05, 0) is 51.0 Å². The molecule has 1 aliphatic heterocycles. The van der Waals surface area contributed by atoms with E-state index < -0.39 is 34.1 Å². The number of esters is 2. The molecule has 0 spiro atoms. The fraction of sp³-hybridized carbons (Fsp3) is 0.400. The van der Waals surface area contributed by atoms with Crippen molar-refractivity contribution in [2.24, 2.45) is 16.2 Å². The number of aromatic nitrogens is 1. The first kappa shape index (κ1) is 19.8. The molecule has 1 saturated carbocycles. The minimum absolute atomic E-state index is 0.296. The summed E-state index contributed by atoms with van der Waals surface area (Å²) in [6.07, 6.45) is 0.741. The van der Waals surface area contributed by atoms with Crippen molar-refractivity contribution in [1.82, 2.24) is 4.57 Å². The SMILES string of the molecule is CCn1c2ccccc2c2cc(NC(=O)C34CCC(C)(C(=O)OC3=O)C4(C)C)ccc21. The van der Waals surface area contributed by atoms with E-state index in [9.17, 15) is 14.4 Å². The highest BCUT2D eigenvalue weighted by atomic mass is 16.6. The Hall–Kier alpha value is -3.15. The molecule has 2 atom stereocenters. The van der Waals surface area contributed by atoms with Crippen molar-refractivity contribution in [3.05, 3.63) is 42.5 Å². The van der Waals surface area contributed by atoms with E-state index in [2.05, 4.69) is 28.9 Å². The zero-order chi connectivity index (χ0) is 22.2. The van der Waals surface area contributed by atoms with Gasteiger partial charge in [0.15, 0.2) is 5.41 Å². The maximum absolute atomic E-state index is 13.6. The molecule has 1 N–H and O–H groups in total. The van der Waals surface area contributed by atoms with Crippen molar-refractivity contribution in [2.75, 3.05) is 5.32 Å². The molecule has 31 heavy (non-hydrogen) atoms. The van der Waals surface area contributed by atoms with Gasteiger partial charge in [-0.25, -0.2) is 0 Å². The van der Waals surface area contributed by atoms with Crippen molar-refractivity contribution in [2.45, 2.75) is 47.1 Å². The Bertz CT molecular complexity index is 1290. The number of ether oxygens (including phenoxy) is 1. The fourth-order valence-corrected chi connectivity index (χ4v) is 5.73. The quantitative estimate of drug-likeness (QED) is 0.496. The summed E-state index contributed by atoms with van der Waals surface area (Å²) in [7, 11) is 0. The largest absolute Gasteiger partial charge is 0.392 e. The van der Waals surface area contributed by atoms with Crippen LogP contribution in [0.5, 0.6) is 0 Å². The summed E-state index contributed by atoms with van der Waals surface area (Å²) in [5.41, 5.74) is -0.238. The second-order valence-corrected chi connectivity index (χ2v) is 9.49. The molecule has 1 amide bonds. The molecule has 2 unspecified atom stereocenters. The van der Waals surface area contributed by atoms with Gasteiger partial charge in [-0.3, -0.25) is 14.4 Å². The summed E-state index contributed by atoms with van der Waals surface area (Å²) in [6, 6.07) is 14.0. The number of cyclic esters (lactones) is 2. The van der Waals surface area contributed by atoms with Crippen molar-refractivity contribution in [3.63, 3.8) is 0 Å². The fourth-order valence-electron chi connectivity index (χ4n) is 5.73. The van der Waals surface area contributed by atoms with E-state index in [0.29, 0.717) is 18.5 Å². The molecule has 2 aliphatic rings. The predicted molar refractivity (Wildman–Crippen MR) is 118 cm³/mol. The maximum Gasteiger partial charge on any atom is 0.329 e. The van der Waals surface area contributed by atoms with Crippen LogP contribution in [0.15, 0.2) is 42.5 Å². The van der Waals surface area contributed by atoms with Crippen molar-refractivity contribution in [3.8, 4) is 0 Å². The van der Waals surface area contributed by atoms with Gasteiger partial charge in [0.1, 0.15) is 0 Å². The number of aryl methyl sites for hydroxylation is 1. The smallest absolute Gasteiger partial charge is 0.329 e. The van der Waals surface area contributed by atoms with Gasteiger partial charge in [-0.15, -0.1) is 0 Å². The normalized spacial score (nSPS) is 27.0. The lowest BCUT2D eigenvalue weighted by Gasteiger charge is -2.48. The van der Waals surface area contributed by atoms with E-state index >= 15 is 0 Å². The average molecular weight is 418 g/mol. The molecular weight excluding hydrogens is 392 g/mol. The van der Waals surface area contributed by atoms with Crippen LogP contribution in [0.2, 0.25) is 0 Å². The number of carbonyl (C=O) groups is 3. The highest BCUT2D eigenvalue weighted by Crippen LogP contribution is 2.66. The van der Waals surface area contributed by atoms with Crippen molar-refractivity contribution >= 4 is 45.3 Å². The Kier molecular flexibility index (Phi) is 3.95. The number of amides is 1. The molecular formula is C25H26N2O4. The van der Waals surface area contributed by atoms with E-state index in [1.54, 1.807) is 6.92 Å². The Morgan fingerprint density at radius 3 is 2.45 bits per heavy atom. The van der Waals surface area contributed by atoms with Crippen LogP contribution in [0.25, 0.3) is 21.8 Å². The van der Waals surface area contributed by atoms with E-state index in [0.717, 1.165) is 28.4 Å². The third kappa shape index (κ3) is 2.25. The second-order valence-electron chi connectivity index (χ2n) is 9.49. The monoisotopic (exact) mass is 418 g/mol. The molecule has 3 aromatic rings. The summed E-state index contributed by atoms with van der Waals surface area (Å²) >= 11 is 0. The number of nitrogens with one attached hydrogen (secondary N) is 1. The predicted octanol–water partition coefficient (Wildman–Crippen LogP) is 4.65. The minimum Gasteiger partial charge on any atom is -0.392 e. The number of rotatable bonds is 3. The number of carbonyl (C=O) groups excluding carboxylic acids is 3. The van der Waals surface area contributed by atoms with Gasteiger partial charge in [-0.2, -0.15) is 0 Å². The molecule has 2 fully saturated rings.